The number of nitrogens with zero attached hydrogens (tertiary/aromatic N) is 2. The SMILES string of the molecule is CCCC(C(=O)N(CC)CC)(C(=O)N(CC)CC)[Si](OCC)(OCC)OCC. The van der Waals surface area contributed by atoms with Crippen molar-refractivity contribution in [1.29, 1.82) is 0 Å². The lowest BCUT2D eigenvalue weighted by atomic mass is 9.98. The number of amides is 2. The summed E-state index contributed by atoms with van der Waals surface area (Å²) in [5, 5.41) is -1.47. The number of hydrogen-bond donors (Lipinski definition) is 0. The van der Waals surface area contributed by atoms with Crippen LogP contribution in [0.2, 0.25) is 5.04 Å². The lowest BCUT2D eigenvalue weighted by Crippen LogP contribution is -2.67. The summed E-state index contributed by atoms with van der Waals surface area (Å²) >= 11 is 0. The molecule has 0 saturated heterocycles. The van der Waals surface area contributed by atoms with Crippen molar-refractivity contribution < 1.29 is 22.9 Å². The van der Waals surface area contributed by atoms with Crippen molar-refractivity contribution in [2.75, 3.05) is 46.0 Å². The first-order chi connectivity index (χ1) is 13.4. The molecule has 0 atom stereocenters. The second-order valence-electron chi connectivity index (χ2n) is 6.47. The Labute approximate surface area is 173 Å². The molecule has 0 saturated carbocycles. The number of carbonyl (C=O) groups excluding carboxylic acids is 2. The molecule has 0 radical (unpaired) electrons. The summed E-state index contributed by atoms with van der Waals surface area (Å²) in [6, 6.07) is 0. The van der Waals surface area contributed by atoms with Crippen molar-refractivity contribution in [2.24, 2.45) is 0 Å². The van der Waals surface area contributed by atoms with Gasteiger partial charge in [-0.05, 0) is 54.9 Å². The Bertz CT molecular complexity index is 426. The zero-order chi connectivity index (χ0) is 21.8. The van der Waals surface area contributed by atoms with E-state index in [0.717, 1.165) is 0 Å². The number of carbonyl (C=O) groups is 2. The average Bonchev–Trinajstić information content (AvgIpc) is 2.68. The largest absolute Gasteiger partial charge is 0.527 e. The van der Waals surface area contributed by atoms with Crippen LogP contribution in [0.25, 0.3) is 0 Å². The van der Waals surface area contributed by atoms with Crippen molar-refractivity contribution in [1.82, 2.24) is 9.80 Å². The van der Waals surface area contributed by atoms with Crippen molar-refractivity contribution in [3.63, 3.8) is 0 Å². The van der Waals surface area contributed by atoms with Gasteiger partial charge in [0.15, 0.2) is 5.04 Å². The highest BCUT2D eigenvalue weighted by Gasteiger charge is 2.71. The third-order valence-electron chi connectivity index (χ3n) is 4.98. The topological polar surface area (TPSA) is 68.3 Å². The minimum absolute atomic E-state index is 0.238. The van der Waals surface area contributed by atoms with Crippen LogP contribution in [0.5, 0.6) is 0 Å². The van der Waals surface area contributed by atoms with Crippen LogP contribution >= 0.6 is 0 Å². The molecule has 0 rings (SSSR count). The van der Waals surface area contributed by atoms with Gasteiger partial charge in [-0.1, -0.05) is 13.3 Å². The van der Waals surface area contributed by atoms with Gasteiger partial charge in [0.25, 0.3) is 0 Å². The van der Waals surface area contributed by atoms with Crippen LogP contribution in [0, 0.1) is 0 Å². The summed E-state index contributed by atoms with van der Waals surface area (Å²) in [5.41, 5.74) is 0. The lowest BCUT2D eigenvalue weighted by molar-refractivity contribution is -0.150. The fourth-order valence-corrected chi connectivity index (χ4v) is 7.25. The molecule has 8 heteroatoms. The Morgan fingerprint density at radius 3 is 1.21 bits per heavy atom. The maximum absolute atomic E-state index is 13.9. The summed E-state index contributed by atoms with van der Waals surface area (Å²) in [5.74, 6) is -0.475. The van der Waals surface area contributed by atoms with E-state index in [1.165, 1.54) is 0 Å². The average molecular weight is 419 g/mol. The molecule has 0 aliphatic heterocycles. The molecule has 7 nitrogen and oxygen atoms in total. The van der Waals surface area contributed by atoms with E-state index in [1.54, 1.807) is 9.80 Å². The molecule has 0 spiro atoms. The van der Waals surface area contributed by atoms with Crippen molar-refractivity contribution in [3.8, 4) is 0 Å². The van der Waals surface area contributed by atoms with Gasteiger partial charge in [-0.15, -0.1) is 0 Å². The Hall–Kier alpha value is -0.963. The van der Waals surface area contributed by atoms with E-state index in [0.29, 0.717) is 58.8 Å². The third kappa shape index (κ3) is 5.34. The molecule has 0 fully saturated rings. The van der Waals surface area contributed by atoms with E-state index in [1.807, 2.05) is 55.4 Å². The number of rotatable bonds is 15. The molecular weight excluding hydrogens is 376 g/mol. The molecule has 0 bridgehead atoms. The van der Waals surface area contributed by atoms with Gasteiger partial charge < -0.3 is 23.1 Å². The normalized spacial score (nSPS) is 12.1. The first-order valence-corrected chi connectivity index (χ1v) is 12.6. The van der Waals surface area contributed by atoms with Crippen LogP contribution in [0.15, 0.2) is 0 Å². The second kappa shape index (κ2) is 13.3. The van der Waals surface area contributed by atoms with Gasteiger partial charge >= 0.3 is 8.80 Å². The zero-order valence-electron chi connectivity index (χ0n) is 19.3. The van der Waals surface area contributed by atoms with Crippen LogP contribution in [0.3, 0.4) is 0 Å². The molecule has 166 valence electrons. The summed E-state index contributed by atoms with van der Waals surface area (Å²) < 4.78 is 18.4. The molecule has 0 aromatic rings. The van der Waals surface area contributed by atoms with Gasteiger partial charge in [-0.2, -0.15) is 0 Å². The molecule has 28 heavy (non-hydrogen) atoms. The number of hydrogen-bond acceptors (Lipinski definition) is 5. The fourth-order valence-electron chi connectivity index (χ4n) is 3.72. The van der Waals surface area contributed by atoms with Crippen molar-refractivity contribution in [2.45, 2.75) is 73.3 Å². The van der Waals surface area contributed by atoms with E-state index in [9.17, 15) is 9.59 Å². The van der Waals surface area contributed by atoms with Crippen LogP contribution < -0.4 is 0 Å². The van der Waals surface area contributed by atoms with Crippen LogP contribution in [-0.2, 0) is 22.9 Å². The Morgan fingerprint density at radius 2 is 1.00 bits per heavy atom. The standard InChI is InChI=1S/C20H42N2O5Si/c1-9-17-20(18(23)21(10-2)11-3,19(24)22(12-4)13-5)28(25-14-6,26-15-7)27-16-8/h9-17H2,1-8H3. The van der Waals surface area contributed by atoms with Gasteiger partial charge in [0.05, 0.1) is 0 Å². The molecule has 0 aliphatic carbocycles. The van der Waals surface area contributed by atoms with Crippen LogP contribution in [0.4, 0.5) is 0 Å². The smallest absolute Gasteiger partial charge is 0.373 e. The van der Waals surface area contributed by atoms with Crippen LogP contribution in [0.1, 0.15) is 68.2 Å². The summed E-state index contributed by atoms with van der Waals surface area (Å²) in [7, 11) is -3.70. The summed E-state index contributed by atoms with van der Waals surface area (Å²) in [6.45, 7) is 18.2. The van der Waals surface area contributed by atoms with Crippen molar-refractivity contribution in [3.05, 3.63) is 0 Å². The van der Waals surface area contributed by atoms with Crippen LogP contribution in [-0.4, -0.2) is 76.4 Å². The molecule has 0 heterocycles. The van der Waals surface area contributed by atoms with E-state index < -0.39 is 13.8 Å². The van der Waals surface area contributed by atoms with E-state index in [-0.39, 0.29) is 11.8 Å². The highest BCUT2D eigenvalue weighted by Crippen LogP contribution is 2.48. The second-order valence-corrected chi connectivity index (χ2v) is 9.30. The van der Waals surface area contributed by atoms with E-state index in [4.69, 9.17) is 13.3 Å². The Morgan fingerprint density at radius 1 is 0.679 bits per heavy atom. The maximum atomic E-state index is 13.9. The molecule has 0 aromatic carbocycles. The molecule has 0 aliphatic rings. The first kappa shape index (κ1) is 27.0. The van der Waals surface area contributed by atoms with Gasteiger partial charge in [0, 0.05) is 46.0 Å². The zero-order valence-corrected chi connectivity index (χ0v) is 20.3. The Balaban J connectivity index is 6.96. The minimum Gasteiger partial charge on any atom is -0.373 e. The monoisotopic (exact) mass is 418 g/mol. The van der Waals surface area contributed by atoms with E-state index in [2.05, 4.69) is 0 Å². The first-order valence-electron chi connectivity index (χ1n) is 10.9. The highest BCUT2D eigenvalue weighted by atomic mass is 28.4. The molecule has 0 N–H and O–H groups in total. The fraction of sp³-hybridized carbons (Fsp3) is 0.900. The van der Waals surface area contributed by atoms with Gasteiger partial charge in [0.1, 0.15) is 0 Å². The van der Waals surface area contributed by atoms with E-state index >= 15 is 0 Å². The van der Waals surface area contributed by atoms with Gasteiger partial charge in [0.2, 0.25) is 11.8 Å². The highest BCUT2D eigenvalue weighted by molar-refractivity contribution is 6.74. The molecule has 0 aromatic heterocycles. The Kier molecular flexibility index (Phi) is 12.8. The predicted octanol–water partition coefficient (Wildman–Crippen LogP) is 3.31. The summed E-state index contributed by atoms with van der Waals surface area (Å²) in [6.07, 6.45) is 0.978. The summed E-state index contributed by atoms with van der Waals surface area (Å²) in [4.78, 5) is 31.3. The molecular formula is C20H42N2O5Si. The lowest BCUT2D eigenvalue weighted by Gasteiger charge is -2.46. The molecule has 0 unspecified atom stereocenters. The maximum Gasteiger partial charge on any atom is 0.527 e. The predicted molar refractivity (Wildman–Crippen MR) is 114 cm³/mol. The minimum atomic E-state index is -3.70. The quantitative estimate of drug-likeness (QED) is 0.301. The van der Waals surface area contributed by atoms with Crippen molar-refractivity contribution >= 4 is 20.6 Å². The van der Waals surface area contributed by atoms with Gasteiger partial charge in [-0.25, -0.2) is 0 Å². The molecule has 2 amide bonds. The van der Waals surface area contributed by atoms with Gasteiger partial charge in [-0.3, -0.25) is 9.59 Å². The third-order valence-corrected chi connectivity index (χ3v) is 8.71.